The zero-order chi connectivity index (χ0) is 21.0. The second kappa shape index (κ2) is 7.30. The average molecular weight is 429 g/mol. The lowest BCUT2D eigenvalue weighted by Gasteiger charge is -2.55. The fraction of sp³-hybridized carbons (Fsp3) is 0.407. The predicted molar refractivity (Wildman–Crippen MR) is 127 cm³/mol. The van der Waals surface area contributed by atoms with Crippen molar-refractivity contribution in [3.63, 3.8) is 0 Å². The van der Waals surface area contributed by atoms with Gasteiger partial charge in [-0.05, 0) is 68.8 Å². The van der Waals surface area contributed by atoms with Crippen LogP contribution in [0.25, 0.3) is 21.7 Å². The quantitative estimate of drug-likeness (QED) is 0.489. The highest BCUT2D eigenvalue weighted by atomic mass is 32.1. The van der Waals surface area contributed by atoms with E-state index in [0.29, 0.717) is 0 Å². The molecule has 31 heavy (non-hydrogen) atoms. The van der Waals surface area contributed by atoms with Gasteiger partial charge < -0.3 is 5.32 Å². The monoisotopic (exact) mass is 428 g/mol. The summed E-state index contributed by atoms with van der Waals surface area (Å²) in [7, 11) is 0. The Labute approximate surface area is 187 Å². The van der Waals surface area contributed by atoms with Crippen LogP contribution in [-0.4, -0.2) is 10.9 Å². The van der Waals surface area contributed by atoms with Crippen LogP contribution in [-0.2, 0) is 4.79 Å². The molecule has 3 aromatic rings. The van der Waals surface area contributed by atoms with Crippen LogP contribution in [0, 0.1) is 30.1 Å². The Hall–Kier alpha value is -2.46. The number of rotatable bonds is 4. The van der Waals surface area contributed by atoms with Gasteiger partial charge in [-0.25, -0.2) is 4.98 Å². The van der Waals surface area contributed by atoms with Gasteiger partial charge in [-0.1, -0.05) is 71.5 Å². The molecule has 0 spiro atoms. The van der Waals surface area contributed by atoms with E-state index >= 15 is 0 Å². The summed E-state index contributed by atoms with van der Waals surface area (Å²) >= 11 is 1.60. The molecule has 0 unspecified atom stereocenters. The molecule has 4 bridgehead atoms. The number of aryl methyl sites for hydroxylation is 1. The second-order valence-corrected chi connectivity index (χ2v) is 11.1. The van der Waals surface area contributed by atoms with Crippen molar-refractivity contribution in [3.05, 3.63) is 60.2 Å². The number of benzene rings is 2. The first-order valence-electron chi connectivity index (χ1n) is 11.5. The SMILES string of the molecule is Cc1ccc(-c2nc(NC(=O)C34CC5CC(CC(C5)C3)C4)sc2-c2ccccc2)cc1. The molecule has 4 aliphatic rings. The van der Waals surface area contributed by atoms with E-state index in [1.165, 1.54) is 24.8 Å². The fourth-order valence-corrected chi connectivity index (χ4v) is 7.67. The lowest BCUT2D eigenvalue weighted by atomic mass is 9.49. The number of anilines is 1. The molecule has 1 aromatic heterocycles. The minimum absolute atomic E-state index is 0.155. The molecule has 0 saturated heterocycles. The molecule has 0 atom stereocenters. The summed E-state index contributed by atoms with van der Waals surface area (Å²) in [5.74, 6) is 2.50. The Morgan fingerprint density at radius 1 is 0.903 bits per heavy atom. The summed E-state index contributed by atoms with van der Waals surface area (Å²) in [4.78, 5) is 19.6. The molecular weight excluding hydrogens is 400 g/mol. The first kappa shape index (κ1) is 19.2. The first-order valence-corrected chi connectivity index (χ1v) is 12.3. The van der Waals surface area contributed by atoms with Crippen LogP contribution in [0.15, 0.2) is 54.6 Å². The lowest BCUT2D eigenvalue weighted by Crippen LogP contribution is -2.51. The lowest BCUT2D eigenvalue weighted by molar-refractivity contribution is -0.140. The van der Waals surface area contributed by atoms with Gasteiger partial charge >= 0.3 is 0 Å². The molecule has 4 fully saturated rings. The highest BCUT2D eigenvalue weighted by Gasteiger charge is 2.54. The molecule has 0 aliphatic heterocycles. The van der Waals surface area contributed by atoms with Gasteiger partial charge in [0.25, 0.3) is 0 Å². The maximum atomic E-state index is 13.6. The summed E-state index contributed by atoms with van der Waals surface area (Å²) in [6.07, 6.45) is 7.27. The van der Waals surface area contributed by atoms with Crippen LogP contribution < -0.4 is 5.32 Å². The van der Waals surface area contributed by atoms with Crippen molar-refractivity contribution >= 4 is 22.4 Å². The molecule has 158 valence electrons. The number of aromatic nitrogens is 1. The summed E-state index contributed by atoms with van der Waals surface area (Å²) in [6, 6.07) is 18.9. The molecule has 4 saturated carbocycles. The normalized spacial score (nSPS) is 28.6. The van der Waals surface area contributed by atoms with Crippen molar-refractivity contribution in [3.8, 4) is 21.7 Å². The third kappa shape index (κ3) is 3.41. The number of hydrogen-bond acceptors (Lipinski definition) is 3. The number of carbonyl (C=O) groups is 1. The molecule has 1 N–H and O–H groups in total. The third-order valence-corrected chi connectivity index (χ3v) is 8.75. The number of nitrogens with one attached hydrogen (secondary N) is 1. The molecule has 7 rings (SSSR count). The van der Waals surface area contributed by atoms with Crippen LogP contribution in [0.2, 0.25) is 0 Å². The Balaban J connectivity index is 1.34. The van der Waals surface area contributed by atoms with Gasteiger partial charge in [0.1, 0.15) is 0 Å². The Bertz CT molecular complexity index is 1080. The van der Waals surface area contributed by atoms with Crippen molar-refractivity contribution in [1.82, 2.24) is 4.98 Å². The van der Waals surface area contributed by atoms with Gasteiger partial charge in [0.05, 0.1) is 16.0 Å². The maximum Gasteiger partial charge on any atom is 0.232 e. The van der Waals surface area contributed by atoms with Crippen LogP contribution in [0.4, 0.5) is 5.13 Å². The van der Waals surface area contributed by atoms with Gasteiger partial charge in [0.15, 0.2) is 5.13 Å². The van der Waals surface area contributed by atoms with E-state index in [-0.39, 0.29) is 11.3 Å². The Morgan fingerprint density at radius 3 is 2.13 bits per heavy atom. The topological polar surface area (TPSA) is 42.0 Å². The second-order valence-electron chi connectivity index (χ2n) is 10.1. The van der Waals surface area contributed by atoms with Gasteiger partial charge in [-0.15, -0.1) is 0 Å². The molecule has 1 heterocycles. The average Bonchev–Trinajstić information content (AvgIpc) is 3.18. The van der Waals surface area contributed by atoms with E-state index in [2.05, 4.69) is 60.8 Å². The van der Waals surface area contributed by atoms with Crippen molar-refractivity contribution in [2.24, 2.45) is 23.2 Å². The zero-order valence-electron chi connectivity index (χ0n) is 17.9. The molecular formula is C27H28N2OS. The first-order chi connectivity index (χ1) is 15.1. The third-order valence-electron chi connectivity index (χ3n) is 7.73. The van der Waals surface area contributed by atoms with E-state index in [1.54, 1.807) is 11.3 Å². The number of hydrogen-bond donors (Lipinski definition) is 1. The van der Waals surface area contributed by atoms with Crippen LogP contribution >= 0.6 is 11.3 Å². The number of thiazole rings is 1. The van der Waals surface area contributed by atoms with Crippen LogP contribution in [0.5, 0.6) is 0 Å². The van der Waals surface area contributed by atoms with Crippen molar-refractivity contribution in [1.29, 1.82) is 0 Å². The molecule has 1 amide bonds. The molecule has 0 radical (unpaired) electrons. The minimum atomic E-state index is -0.155. The molecule has 4 aliphatic carbocycles. The van der Waals surface area contributed by atoms with Crippen LogP contribution in [0.1, 0.15) is 44.1 Å². The summed E-state index contributed by atoms with van der Waals surface area (Å²) < 4.78 is 0. The summed E-state index contributed by atoms with van der Waals surface area (Å²) in [5, 5.41) is 4.01. The number of nitrogens with zero attached hydrogens (tertiary/aromatic N) is 1. The highest BCUT2D eigenvalue weighted by Crippen LogP contribution is 2.60. The van der Waals surface area contributed by atoms with Crippen molar-refractivity contribution in [2.45, 2.75) is 45.4 Å². The molecule has 2 aromatic carbocycles. The number of amides is 1. The van der Waals surface area contributed by atoms with E-state index in [0.717, 1.165) is 63.8 Å². The largest absolute Gasteiger partial charge is 0.301 e. The van der Waals surface area contributed by atoms with Gasteiger partial charge in [0, 0.05) is 5.56 Å². The Morgan fingerprint density at radius 2 is 1.52 bits per heavy atom. The minimum Gasteiger partial charge on any atom is -0.301 e. The van der Waals surface area contributed by atoms with Crippen molar-refractivity contribution < 1.29 is 4.79 Å². The zero-order valence-corrected chi connectivity index (χ0v) is 18.8. The van der Waals surface area contributed by atoms with E-state index in [4.69, 9.17) is 4.98 Å². The Kier molecular flexibility index (Phi) is 4.53. The standard InChI is InChI=1S/C27H28N2OS/c1-17-7-9-21(10-8-17)23-24(22-5-3-2-4-6-22)31-26(28-23)29-25(30)27-14-18-11-19(15-27)13-20(12-18)16-27/h2-10,18-20H,11-16H2,1H3,(H,28,29,30). The number of carbonyl (C=O) groups excluding carboxylic acids is 1. The maximum absolute atomic E-state index is 13.6. The van der Waals surface area contributed by atoms with Gasteiger partial charge in [-0.3, -0.25) is 4.79 Å². The molecule has 3 nitrogen and oxygen atoms in total. The summed E-state index contributed by atoms with van der Waals surface area (Å²) in [6.45, 7) is 2.10. The van der Waals surface area contributed by atoms with E-state index in [1.807, 2.05) is 6.07 Å². The van der Waals surface area contributed by atoms with Gasteiger partial charge in [-0.2, -0.15) is 0 Å². The van der Waals surface area contributed by atoms with E-state index < -0.39 is 0 Å². The van der Waals surface area contributed by atoms with Crippen LogP contribution in [0.3, 0.4) is 0 Å². The van der Waals surface area contributed by atoms with Gasteiger partial charge in [0.2, 0.25) is 5.91 Å². The smallest absolute Gasteiger partial charge is 0.232 e. The van der Waals surface area contributed by atoms with Crippen molar-refractivity contribution in [2.75, 3.05) is 5.32 Å². The fourth-order valence-electron chi connectivity index (χ4n) is 6.68. The van der Waals surface area contributed by atoms with E-state index in [9.17, 15) is 4.79 Å². The summed E-state index contributed by atoms with van der Waals surface area (Å²) in [5.41, 5.74) is 4.27. The highest BCUT2D eigenvalue weighted by molar-refractivity contribution is 7.19. The molecule has 4 heteroatoms. The predicted octanol–water partition coefficient (Wildman–Crippen LogP) is 6.94.